The van der Waals surface area contributed by atoms with E-state index in [4.69, 9.17) is 4.43 Å². The monoisotopic (exact) mass is 278 g/mol. The second-order valence-electron chi connectivity index (χ2n) is 7.18. The molecule has 2 nitrogen and oxygen atoms in total. The molecule has 0 saturated carbocycles. The average molecular weight is 278 g/mol. The van der Waals surface area contributed by atoms with Crippen LogP contribution in [0.5, 0.6) is 0 Å². The first-order valence-electron chi connectivity index (χ1n) is 7.12. The highest BCUT2D eigenvalue weighted by molar-refractivity contribution is 6.74. The zero-order valence-electron chi connectivity index (χ0n) is 12.7. The number of rotatable bonds is 3. The van der Waals surface area contributed by atoms with E-state index in [1.165, 1.54) is 5.56 Å². The van der Waals surface area contributed by atoms with Crippen LogP contribution >= 0.6 is 0 Å². The van der Waals surface area contributed by atoms with Gasteiger partial charge in [-0.15, -0.1) is 0 Å². The van der Waals surface area contributed by atoms with Crippen molar-refractivity contribution in [3.05, 3.63) is 35.4 Å². The van der Waals surface area contributed by atoms with Crippen LogP contribution in [0.4, 0.5) is 0 Å². The number of benzene rings is 1. The fourth-order valence-corrected chi connectivity index (χ4v) is 3.40. The maximum Gasteiger partial charge on any atom is 0.191 e. The molecule has 0 amide bonds. The summed E-state index contributed by atoms with van der Waals surface area (Å²) in [6.07, 6.45) is 0.576. The third-order valence-electron chi connectivity index (χ3n) is 4.77. The van der Waals surface area contributed by atoms with E-state index in [-0.39, 0.29) is 17.1 Å². The lowest BCUT2D eigenvalue weighted by Gasteiger charge is -2.37. The van der Waals surface area contributed by atoms with Gasteiger partial charge in [0.05, 0.1) is 6.10 Å². The Balaban J connectivity index is 2.00. The summed E-state index contributed by atoms with van der Waals surface area (Å²) in [6, 6.07) is 8.19. The lowest BCUT2D eigenvalue weighted by Crippen LogP contribution is -2.42. The van der Waals surface area contributed by atoms with Crippen molar-refractivity contribution < 1.29 is 9.53 Å². The van der Waals surface area contributed by atoms with Gasteiger partial charge in [0.15, 0.2) is 8.32 Å². The Labute approximate surface area is 117 Å². The van der Waals surface area contributed by atoms with Gasteiger partial charge in [-0.05, 0) is 35.7 Å². The third-order valence-corrected chi connectivity index (χ3v) is 9.27. The Kier molecular flexibility index (Phi) is 3.91. The second-order valence-corrected chi connectivity index (χ2v) is 12.0. The molecule has 1 aromatic rings. The molecule has 106 valence electrons. The van der Waals surface area contributed by atoms with E-state index in [1.807, 2.05) is 18.2 Å². The molecular formula is C16H26O2Si. The Hall–Kier alpha value is -0.643. The van der Waals surface area contributed by atoms with Crippen LogP contribution in [-0.2, 0) is 10.8 Å². The molecule has 1 aliphatic carbocycles. The minimum Gasteiger partial charge on any atom is -0.416 e. The van der Waals surface area contributed by atoms with Gasteiger partial charge < -0.3 is 9.53 Å². The lowest BCUT2D eigenvalue weighted by molar-refractivity contribution is 0.0838. The Morgan fingerprint density at radius 1 is 1.26 bits per heavy atom. The molecule has 0 saturated heterocycles. The van der Waals surface area contributed by atoms with Crippen molar-refractivity contribution in [2.75, 3.05) is 6.61 Å². The molecule has 1 aromatic carbocycles. The molecule has 2 rings (SSSR count). The van der Waals surface area contributed by atoms with Gasteiger partial charge in [-0.2, -0.15) is 0 Å². The fourth-order valence-electron chi connectivity index (χ4n) is 2.34. The van der Waals surface area contributed by atoms with Crippen molar-refractivity contribution in [3.63, 3.8) is 0 Å². The van der Waals surface area contributed by atoms with Crippen LogP contribution in [0.1, 0.15) is 38.0 Å². The van der Waals surface area contributed by atoms with E-state index in [2.05, 4.69) is 39.9 Å². The number of hydrogen-bond acceptors (Lipinski definition) is 2. The van der Waals surface area contributed by atoms with Crippen LogP contribution < -0.4 is 0 Å². The van der Waals surface area contributed by atoms with Crippen molar-refractivity contribution in [2.24, 2.45) is 5.92 Å². The summed E-state index contributed by atoms with van der Waals surface area (Å²) in [5.41, 5.74) is 2.37. The van der Waals surface area contributed by atoms with E-state index in [9.17, 15) is 5.11 Å². The van der Waals surface area contributed by atoms with Crippen LogP contribution in [-0.4, -0.2) is 20.0 Å². The summed E-state index contributed by atoms with van der Waals surface area (Å²) in [5.74, 6) is 0.214. The molecule has 0 heterocycles. The summed E-state index contributed by atoms with van der Waals surface area (Å²) < 4.78 is 6.26. The molecule has 0 bridgehead atoms. The van der Waals surface area contributed by atoms with Crippen LogP contribution in [0.2, 0.25) is 18.1 Å². The number of aliphatic hydroxyl groups excluding tert-OH is 1. The summed E-state index contributed by atoms with van der Waals surface area (Å²) in [6.45, 7) is 12.0. The first kappa shape index (κ1) is 14.8. The van der Waals surface area contributed by atoms with E-state index in [0.29, 0.717) is 6.61 Å². The number of fused-ring (bicyclic) bond motifs is 1. The Bertz CT molecular complexity index is 448. The molecule has 3 heteroatoms. The Morgan fingerprint density at radius 3 is 2.47 bits per heavy atom. The van der Waals surface area contributed by atoms with Crippen molar-refractivity contribution in [2.45, 2.75) is 51.4 Å². The summed E-state index contributed by atoms with van der Waals surface area (Å²) in [5, 5.41) is 10.6. The molecule has 0 unspecified atom stereocenters. The smallest absolute Gasteiger partial charge is 0.191 e. The van der Waals surface area contributed by atoms with E-state index < -0.39 is 8.32 Å². The predicted molar refractivity (Wildman–Crippen MR) is 81.7 cm³/mol. The van der Waals surface area contributed by atoms with Gasteiger partial charge in [0.25, 0.3) is 0 Å². The van der Waals surface area contributed by atoms with Crippen LogP contribution in [0.15, 0.2) is 24.3 Å². The minimum absolute atomic E-state index is 0.214. The van der Waals surface area contributed by atoms with Gasteiger partial charge >= 0.3 is 0 Å². The Morgan fingerprint density at radius 2 is 1.89 bits per heavy atom. The number of aliphatic hydroxyl groups is 1. The van der Waals surface area contributed by atoms with Gasteiger partial charge in [0, 0.05) is 12.5 Å². The normalized spacial score (nSPS) is 23.5. The van der Waals surface area contributed by atoms with Crippen molar-refractivity contribution in [1.82, 2.24) is 0 Å². The van der Waals surface area contributed by atoms with Crippen LogP contribution in [0.3, 0.4) is 0 Å². The fraction of sp³-hybridized carbons (Fsp3) is 0.625. The molecule has 0 radical (unpaired) electrons. The molecule has 19 heavy (non-hydrogen) atoms. The van der Waals surface area contributed by atoms with E-state index in [1.54, 1.807) is 0 Å². The summed E-state index contributed by atoms with van der Waals surface area (Å²) in [4.78, 5) is 0. The molecule has 0 fully saturated rings. The average Bonchev–Trinajstić information content (AvgIpc) is 2.63. The van der Waals surface area contributed by atoms with Gasteiger partial charge in [-0.3, -0.25) is 0 Å². The van der Waals surface area contributed by atoms with Gasteiger partial charge in [0.2, 0.25) is 0 Å². The molecule has 0 spiro atoms. The third kappa shape index (κ3) is 2.93. The van der Waals surface area contributed by atoms with E-state index in [0.717, 1.165) is 12.0 Å². The molecule has 0 aliphatic heterocycles. The maximum atomic E-state index is 10.4. The summed E-state index contributed by atoms with van der Waals surface area (Å²) in [7, 11) is -1.72. The first-order chi connectivity index (χ1) is 8.72. The van der Waals surface area contributed by atoms with Gasteiger partial charge in [-0.1, -0.05) is 45.0 Å². The molecule has 0 aromatic heterocycles. The first-order valence-corrected chi connectivity index (χ1v) is 10.0. The van der Waals surface area contributed by atoms with E-state index >= 15 is 0 Å². The second kappa shape index (κ2) is 5.04. The lowest BCUT2D eigenvalue weighted by atomic mass is 10.1. The van der Waals surface area contributed by atoms with Crippen molar-refractivity contribution in [1.29, 1.82) is 0 Å². The highest BCUT2D eigenvalue weighted by Crippen LogP contribution is 2.40. The minimum atomic E-state index is -1.72. The quantitative estimate of drug-likeness (QED) is 0.849. The molecular weight excluding hydrogens is 252 g/mol. The molecule has 1 aliphatic rings. The number of hydrogen-bond donors (Lipinski definition) is 1. The topological polar surface area (TPSA) is 29.5 Å². The predicted octanol–water partition coefficient (Wildman–Crippen LogP) is 3.91. The highest BCUT2D eigenvalue weighted by atomic mass is 28.4. The van der Waals surface area contributed by atoms with Crippen molar-refractivity contribution in [3.8, 4) is 0 Å². The molecule has 1 N–H and O–H groups in total. The van der Waals surface area contributed by atoms with Crippen LogP contribution in [0.25, 0.3) is 0 Å². The summed E-state index contributed by atoms with van der Waals surface area (Å²) >= 11 is 0. The van der Waals surface area contributed by atoms with Crippen LogP contribution in [0, 0.1) is 5.92 Å². The van der Waals surface area contributed by atoms with Crippen molar-refractivity contribution >= 4 is 8.32 Å². The largest absolute Gasteiger partial charge is 0.416 e. The SMILES string of the molecule is CC(C)(C)[Si](C)(C)OC[C@H]1Cc2ccccc2[C@H]1O. The molecule has 2 atom stereocenters. The van der Waals surface area contributed by atoms with Gasteiger partial charge in [-0.25, -0.2) is 0 Å². The zero-order valence-corrected chi connectivity index (χ0v) is 13.7. The van der Waals surface area contributed by atoms with Gasteiger partial charge in [0.1, 0.15) is 0 Å². The standard InChI is InChI=1S/C16H26O2Si/c1-16(2,3)19(4,5)18-11-13-10-12-8-6-7-9-14(12)15(13)17/h6-9,13,15,17H,10-11H2,1-5H3/t13-,15+/m1/s1. The highest BCUT2D eigenvalue weighted by Gasteiger charge is 2.39. The zero-order chi connectivity index (χ0) is 14.3. The maximum absolute atomic E-state index is 10.4.